The Hall–Kier alpha value is -0.410. The van der Waals surface area contributed by atoms with Crippen LogP contribution in [0.1, 0.15) is 43.8 Å². The van der Waals surface area contributed by atoms with E-state index in [2.05, 4.69) is 24.2 Å². The number of nitrogens with zero attached hydrogens (tertiary/aromatic N) is 1. The number of hydrogen-bond donors (Lipinski definition) is 1. The van der Waals surface area contributed by atoms with E-state index < -0.39 is 0 Å². The number of aromatic nitrogens is 1. The zero-order valence-corrected chi connectivity index (χ0v) is 10.6. The van der Waals surface area contributed by atoms with Crippen molar-refractivity contribution < 1.29 is 0 Å². The van der Waals surface area contributed by atoms with E-state index in [9.17, 15) is 0 Å². The number of aryl methyl sites for hydroxylation is 1. The minimum Gasteiger partial charge on any atom is -0.319 e. The van der Waals surface area contributed by atoms with Gasteiger partial charge in [-0.15, -0.1) is 11.3 Å². The molecular weight excluding hydrogens is 204 g/mol. The first-order valence-electron chi connectivity index (χ1n) is 5.71. The van der Waals surface area contributed by atoms with Crippen LogP contribution in [0.25, 0.3) is 0 Å². The second-order valence-electron chi connectivity index (χ2n) is 5.30. The highest BCUT2D eigenvalue weighted by atomic mass is 32.1. The molecule has 1 heterocycles. The molecule has 1 aromatic rings. The third-order valence-corrected chi connectivity index (χ3v) is 4.46. The predicted molar refractivity (Wildman–Crippen MR) is 64.9 cm³/mol. The lowest BCUT2D eigenvalue weighted by molar-refractivity contribution is 0.183. The molecule has 2 atom stereocenters. The summed E-state index contributed by atoms with van der Waals surface area (Å²) in [5.74, 6) is 1.45. The highest BCUT2D eigenvalue weighted by Gasteiger charge is 2.37. The Balaban J connectivity index is 2.25. The zero-order chi connectivity index (χ0) is 11.1. The average molecular weight is 224 g/mol. The van der Waals surface area contributed by atoms with Crippen LogP contribution >= 0.6 is 11.3 Å². The molecule has 2 nitrogen and oxygen atoms in total. The van der Waals surface area contributed by atoms with Gasteiger partial charge in [0.15, 0.2) is 0 Å². The fourth-order valence-corrected chi connectivity index (χ4v) is 3.87. The summed E-state index contributed by atoms with van der Waals surface area (Å²) in [4.78, 5) is 4.57. The maximum absolute atomic E-state index is 6.52. The van der Waals surface area contributed by atoms with Crippen LogP contribution < -0.4 is 5.73 Å². The van der Waals surface area contributed by atoms with Crippen LogP contribution in [-0.2, 0) is 5.54 Å². The van der Waals surface area contributed by atoms with Gasteiger partial charge in [-0.25, -0.2) is 4.98 Å². The number of rotatable bonds is 1. The fourth-order valence-electron chi connectivity index (χ4n) is 2.94. The third-order valence-electron chi connectivity index (χ3n) is 3.28. The summed E-state index contributed by atoms with van der Waals surface area (Å²) in [6.45, 7) is 6.65. The van der Waals surface area contributed by atoms with Gasteiger partial charge < -0.3 is 5.73 Å². The second kappa shape index (κ2) is 3.87. The average Bonchev–Trinajstić information content (AvgIpc) is 2.49. The Labute approximate surface area is 95.9 Å². The summed E-state index contributed by atoms with van der Waals surface area (Å²) in [7, 11) is 0. The first-order chi connectivity index (χ1) is 6.99. The third kappa shape index (κ3) is 2.23. The molecule has 1 fully saturated rings. The smallest absolute Gasteiger partial charge is 0.113 e. The number of thiazole rings is 1. The SMILES string of the molecule is Cc1csc(C2(N)CC(C)CC(C)C2)n1. The normalized spacial score (nSPS) is 36.8. The fraction of sp³-hybridized carbons (Fsp3) is 0.750. The molecule has 15 heavy (non-hydrogen) atoms. The van der Waals surface area contributed by atoms with Crippen LogP contribution in [-0.4, -0.2) is 4.98 Å². The highest BCUT2D eigenvalue weighted by Crippen LogP contribution is 2.41. The molecule has 2 rings (SSSR count). The first-order valence-corrected chi connectivity index (χ1v) is 6.59. The lowest BCUT2D eigenvalue weighted by atomic mass is 9.72. The van der Waals surface area contributed by atoms with Crippen LogP contribution in [0.3, 0.4) is 0 Å². The van der Waals surface area contributed by atoms with Gasteiger partial charge in [-0.2, -0.15) is 0 Å². The molecule has 1 aromatic heterocycles. The minimum absolute atomic E-state index is 0.157. The van der Waals surface area contributed by atoms with Crippen molar-refractivity contribution in [2.45, 2.75) is 45.6 Å². The predicted octanol–water partition coefficient (Wildman–Crippen LogP) is 3.06. The Bertz CT molecular complexity index is 335. The quantitative estimate of drug-likeness (QED) is 0.796. The monoisotopic (exact) mass is 224 g/mol. The van der Waals surface area contributed by atoms with E-state index in [0.29, 0.717) is 0 Å². The second-order valence-corrected chi connectivity index (χ2v) is 6.16. The van der Waals surface area contributed by atoms with Crippen molar-refractivity contribution >= 4 is 11.3 Å². The van der Waals surface area contributed by atoms with Crippen LogP contribution in [0.4, 0.5) is 0 Å². The largest absolute Gasteiger partial charge is 0.319 e. The number of hydrogen-bond acceptors (Lipinski definition) is 3. The zero-order valence-electron chi connectivity index (χ0n) is 9.79. The molecule has 0 amide bonds. The van der Waals surface area contributed by atoms with Crippen molar-refractivity contribution in [1.82, 2.24) is 4.98 Å². The molecule has 0 aliphatic heterocycles. The maximum atomic E-state index is 6.52. The molecule has 0 spiro atoms. The molecule has 84 valence electrons. The van der Waals surface area contributed by atoms with Crippen molar-refractivity contribution in [3.05, 3.63) is 16.1 Å². The number of nitrogens with two attached hydrogens (primary N) is 1. The topological polar surface area (TPSA) is 38.9 Å². The van der Waals surface area contributed by atoms with Crippen LogP contribution in [0.5, 0.6) is 0 Å². The van der Waals surface area contributed by atoms with E-state index in [-0.39, 0.29) is 5.54 Å². The molecule has 0 radical (unpaired) electrons. The van der Waals surface area contributed by atoms with E-state index >= 15 is 0 Å². The molecule has 0 saturated heterocycles. The Morgan fingerprint density at radius 1 is 1.40 bits per heavy atom. The summed E-state index contributed by atoms with van der Waals surface area (Å²) in [6, 6.07) is 0. The lowest BCUT2D eigenvalue weighted by Gasteiger charge is -2.38. The molecule has 2 N–H and O–H groups in total. The lowest BCUT2D eigenvalue weighted by Crippen LogP contribution is -2.43. The van der Waals surface area contributed by atoms with Crippen molar-refractivity contribution in [2.75, 3.05) is 0 Å². The van der Waals surface area contributed by atoms with Gasteiger partial charge in [-0.05, 0) is 38.0 Å². The van der Waals surface area contributed by atoms with Gasteiger partial charge in [0.1, 0.15) is 5.01 Å². The van der Waals surface area contributed by atoms with E-state index in [1.54, 1.807) is 11.3 Å². The van der Waals surface area contributed by atoms with Crippen molar-refractivity contribution in [3.8, 4) is 0 Å². The van der Waals surface area contributed by atoms with Crippen LogP contribution in [0.2, 0.25) is 0 Å². The van der Waals surface area contributed by atoms with E-state index in [4.69, 9.17) is 5.73 Å². The molecule has 0 bridgehead atoms. The van der Waals surface area contributed by atoms with E-state index in [1.807, 2.05) is 6.92 Å². The molecule has 3 heteroatoms. The van der Waals surface area contributed by atoms with Crippen molar-refractivity contribution in [1.29, 1.82) is 0 Å². The van der Waals surface area contributed by atoms with Gasteiger partial charge in [-0.3, -0.25) is 0 Å². The van der Waals surface area contributed by atoms with E-state index in [0.717, 1.165) is 35.4 Å². The minimum atomic E-state index is -0.157. The summed E-state index contributed by atoms with van der Waals surface area (Å²) in [6.07, 6.45) is 3.48. The molecular formula is C12H20N2S. The Kier molecular flexibility index (Phi) is 2.86. The van der Waals surface area contributed by atoms with Crippen molar-refractivity contribution in [3.63, 3.8) is 0 Å². The van der Waals surface area contributed by atoms with Gasteiger partial charge >= 0.3 is 0 Å². The molecule has 0 aromatic carbocycles. The summed E-state index contributed by atoms with van der Waals surface area (Å²) < 4.78 is 0. The van der Waals surface area contributed by atoms with Crippen molar-refractivity contribution in [2.24, 2.45) is 17.6 Å². The summed E-state index contributed by atoms with van der Waals surface area (Å²) in [5, 5.41) is 3.24. The molecule has 2 unspecified atom stereocenters. The molecule has 1 aliphatic carbocycles. The Morgan fingerprint density at radius 2 is 2.00 bits per heavy atom. The van der Waals surface area contributed by atoms with Gasteiger partial charge in [0.2, 0.25) is 0 Å². The van der Waals surface area contributed by atoms with Gasteiger partial charge in [-0.1, -0.05) is 13.8 Å². The van der Waals surface area contributed by atoms with E-state index in [1.165, 1.54) is 6.42 Å². The Morgan fingerprint density at radius 3 is 2.47 bits per heavy atom. The van der Waals surface area contributed by atoms with Crippen LogP contribution in [0.15, 0.2) is 5.38 Å². The van der Waals surface area contributed by atoms with Crippen LogP contribution in [0, 0.1) is 18.8 Å². The van der Waals surface area contributed by atoms with Gasteiger partial charge in [0.25, 0.3) is 0 Å². The molecule has 1 saturated carbocycles. The van der Waals surface area contributed by atoms with Gasteiger partial charge in [0, 0.05) is 11.1 Å². The standard InChI is InChI=1S/C12H20N2S/c1-8-4-9(2)6-12(13,5-8)11-14-10(3)7-15-11/h7-9H,4-6,13H2,1-3H3. The molecule has 1 aliphatic rings. The van der Waals surface area contributed by atoms with Gasteiger partial charge in [0.05, 0.1) is 5.54 Å². The summed E-state index contributed by atoms with van der Waals surface area (Å²) >= 11 is 1.72. The maximum Gasteiger partial charge on any atom is 0.113 e. The summed E-state index contributed by atoms with van der Waals surface area (Å²) in [5.41, 5.74) is 7.47. The highest BCUT2D eigenvalue weighted by molar-refractivity contribution is 7.09. The first kappa shape index (κ1) is 11.1.